The molecule has 0 bridgehead atoms. The highest BCUT2D eigenvalue weighted by atomic mass is 35.5. The number of anilines is 1. The number of hydrogen-bond donors (Lipinski definition) is 2. The van der Waals surface area contributed by atoms with Crippen LogP contribution in [0.25, 0.3) is 22.4 Å². The van der Waals surface area contributed by atoms with Gasteiger partial charge >= 0.3 is 6.03 Å². The number of urea groups is 1. The van der Waals surface area contributed by atoms with Crippen LogP contribution in [0.3, 0.4) is 0 Å². The number of carbonyl (C=O) groups excluding carboxylic acids is 1. The quantitative estimate of drug-likeness (QED) is 0.622. The largest absolute Gasteiger partial charge is 0.365 e. The van der Waals surface area contributed by atoms with Crippen LogP contribution in [-0.2, 0) is 0 Å². The van der Waals surface area contributed by atoms with E-state index < -0.39 is 5.82 Å². The monoisotopic (exact) mass is 429 g/mol. The molecule has 0 aromatic carbocycles. The third-order valence-electron chi connectivity index (χ3n) is 5.83. The number of aromatic amines is 1. The van der Waals surface area contributed by atoms with Gasteiger partial charge in [0, 0.05) is 43.5 Å². The zero-order valence-corrected chi connectivity index (χ0v) is 17.3. The third kappa shape index (κ3) is 3.23. The molecule has 156 valence electrons. The van der Waals surface area contributed by atoms with E-state index in [1.54, 1.807) is 37.5 Å². The van der Waals surface area contributed by atoms with Crippen LogP contribution in [-0.4, -0.2) is 68.0 Å². The van der Waals surface area contributed by atoms with Crippen LogP contribution in [0, 0.1) is 5.82 Å². The van der Waals surface area contributed by atoms with Crippen LogP contribution in [0.2, 0.25) is 5.02 Å². The minimum atomic E-state index is -0.506. The van der Waals surface area contributed by atoms with Gasteiger partial charge in [-0.25, -0.2) is 24.1 Å². The summed E-state index contributed by atoms with van der Waals surface area (Å²) in [6.45, 7) is 0. The molecule has 3 aromatic heterocycles. The molecule has 1 aliphatic carbocycles. The first kappa shape index (κ1) is 19.0. The van der Waals surface area contributed by atoms with Crippen LogP contribution in [0.15, 0.2) is 24.7 Å². The molecule has 1 aliphatic heterocycles. The van der Waals surface area contributed by atoms with Crippen molar-refractivity contribution in [2.24, 2.45) is 0 Å². The van der Waals surface area contributed by atoms with Crippen LogP contribution in [0.1, 0.15) is 19.3 Å². The molecule has 2 aliphatic rings. The summed E-state index contributed by atoms with van der Waals surface area (Å²) in [5, 5.41) is 4.50. The lowest BCUT2D eigenvalue weighted by molar-refractivity contribution is 0.199. The van der Waals surface area contributed by atoms with Crippen molar-refractivity contribution in [2.75, 3.05) is 19.4 Å². The SMILES string of the molecule is CN(C)C(=O)N1C2CCC(Nc3nc(-c4c[nH]c5ncc(Cl)cc45)ncc3F)CC21. The van der Waals surface area contributed by atoms with E-state index in [0.29, 0.717) is 28.1 Å². The Morgan fingerprint density at radius 3 is 2.93 bits per heavy atom. The fraction of sp³-hybridized carbons (Fsp3) is 0.400. The van der Waals surface area contributed by atoms with Gasteiger partial charge in [-0.1, -0.05) is 11.6 Å². The molecule has 5 rings (SSSR count). The van der Waals surface area contributed by atoms with Crippen molar-refractivity contribution in [1.29, 1.82) is 0 Å². The number of nitrogens with one attached hydrogen (secondary N) is 2. The van der Waals surface area contributed by atoms with Gasteiger partial charge in [0.2, 0.25) is 0 Å². The van der Waals surface area contributed by atoms with Gasteiger partial charge in [-0.05, 0) is 25.3 Å². The van der Waals surface area contributed by atoms with Gasteiger partial charge in [0.05, 0.1) is 23.3 Å². The second kappa shape index (κ2) is 7.09. The van der Waals surface area contributed by atoms with Gasteiger partial charge in [-0.2, -0.15) is 0 Å². The van der Waals surface area contributed by atoms with Crippen molar-refractivity contribution in [3.63, 3.8) is 0 Å². The summed E-state index contributed by atoms with van der Waals surface area (Å²) < 4.78 is 14.5. The maximum atomic E-state index is 14.5. The third-order valence-corrected chi connectivity index (χ3v) is 6.04. The van der Waals surface area contributed by atoms with Crippen LogP contribution < -0.4 is 5.32 Å². The summed E-state index contributed by atoms with van der Waals surface area (Å²) in [7, 11) is 3.52. The van der Waals surface area contributed by atoms with Gasteiger partial charge < -0.3 is 20.1 Å². The van der Waals surface area contributed by atoms with E-state index in [0.717, 1.165) is 24.6 Å². The molecule has 10 heteroatoms. The van der Waals surface area contributed by atoms with Crippen molar-refractivity contribution in [1.82, 2.24) is 29.7 Å². The van der Waals surface area contributed by atoms with Gasteiger partial charge in [0.25, 0.3) is 0 Å². The number of likely N-dealkylation sites (tertiary alicyclic amines) is 1. The highest BCUT2D eigenvalue weighted by molar-refractivity contribution is 6.31. The van der Waals surface area contributed by atoms with E-state index in [2.05, 4.69) is 25.3 Å². The number of hydrogen-bond acceptors (Lipinski definition) is 5. The second-order valence-electron chi connectivity index (χ2n) is 8.02. The van der Waals surface area contributed by atoms with Gasteiger partial charge in [-0.15, -0.1) is 0 Å². The van der Waals surface area contributed by atoms with Gasteiger partial charge in [0.15, 0.2) is 17.5 Å². The molecule has 2 amide bonds. The maximum Gasteiger partial charge on any atom is 0.320 e. The fourth-order valence-corrected chi connectivity index (χ4v) is 4.48. The number of carbonyl (C=O) groups is 1. The Balaban J connectivity index is 1.36. The first-order valence-corrected chi connectivity index (χ1v) is 10.2. The molecule has 3 unspecified atom stereocenters. The zero-order chi connectivity index (χ0) is 21.0. The lowest BCUT2D eigenvalue weighted by Crippen LogP contribution is -2.29. The van der Waals surface area contributed by atoms with Crippen LogP contribution in [0.5, 0.6) is 0 Å². The van der Waals surface area contributed by atoms with Gasteiger partial charge in [0.1, 0.15) is 5.65 Å². The topological polar surface area (TPSA) is 89.8 Å². The Morgan fingerprint density at radius 2 is 2.13 bits per heavy atom. The molecule has 1 saturated carbocycles. The van der Waals surface area contributed by atoms with Crippen molar-refractivity contribution in [3.05, 3.63) is 35.5 Å². The lowest BCUT2D eigenvalue weighted by atomic mass is 9.95. The Hall–Kier alpha value is -2.94. The molecule has 0 radical (unpaired) electrons. The Bertz CT molecular complexity index is 1130. The average Bonchev–Trinajstić information content (AvgIpc) is 3.28. The number of nitrogens with zero attached hydrogens (tertiary/aromatic N) is 5. The molecule has 2 fully saturated rings. The first-order valence-electron chi connectivity index (χ1n) is 9.84. The minimum Gasteiger partial charge on any atom is -0.365 e. The Kier molecular flexibility index (Phi) is 4.50. The van der Waals surface area contributed by atoms with E-state index in [1.807, 2.05) is 4.90 Å². The summed E-state index contributed by atoms with van der Waals surface area (Å²) >= 11 is 6.07. The second-order valence-corrected chi connectivity index (χ2v) is 8.45. The molecule has 4 heterocycles. The maximum absolute atomic E-state index is 14.5. The van der Waals surface area contributed by atoms with E-state index in [-0.39, 0.29) is 23.9 Å². The van der Waals surface area contributed by atoms with E-state index >= 15 is 0 Å². The average molecular weight is 430 g/mol. The number of pyridine rings is 1. The Morgan fingerprint density at radius 1 is 1.30 bits per heavy atom. The predicted molar refractivity (Wildman–Crippen MR) is 112 cm³/mol. The molecule has 3 aromatic rings. The number of amides is 2. The van der Waals surface area contributed by atoms with Gasteiger partial charge in [-0.3, -0.25) is 0 Å². The lowest BCUT2D eigenvalue weighted by Gasteiger charge is -2.21. The van der Waals surface area contributed by atoms with Crippen LogP contribution in [0.4, 0.5) is 15.0 Å². The van der Waals surface area contributed by atoms with Crippen LogP contribution >= 0.6 is 11.6 Å². The van der Waals surface area contributed by atoms with E-state index in [4.69, 9.17) is 11.6 Å². The predicted octanol–water partition coefficient (Wildman–Crippen LogP) is 3.51. The molecule has 30 heavy (non-hydrogen) atoms. The van der Waals surface area contributed by atoms with Crippen molar-refractivity contribution >= 4 is 34.5 Å². The minimum absolute atomic E-state index is 0.0350. The van der Waals surface area contributed by atoms with Crippen molar-refractivity contribution in [3.8, 4) is 11.4 Å². The van der Waals surface area contributed by atoms with E-state index in [1.165, 1.54) is 6.20 Å². The molecular weight excluding hydrogens is 409 g/mol. The molecule has 8 nitrogen and oxygen atoms in total. The smallest absolute Gasteiger partial charge is 0.320 e. The van der Waals surface area contributed by atoms with E-state index in [9.17, 15) is 9.18 Å². The number of fused-ring (bicyclic) bond motifs is 2. The van der Waals surface area contributed by atoms with Crippen molar-refractivity contribution in [2.45, 2.75) is 37.4 Å². The summed E-state index contributed by atoms with van der Waals surface area (Å²) in [6.07, 6.45) is 6.99. The number of H-pyrrole nitrogens is 1. The summed E-state index contributed by atoms with van der Waals surface area (Å²) in [4.78, 5) is 31.6. The molecule has 1 saturated heterocycles. The van der Waals surface area contributed by atoms with Crippen molar-refractivity contribution < 1.29 is 9.18 Å². The first-order chi connectivity index (χ1) is 14.4. The number of aromatic nitrogens is 4. The number of rotatable bonds is 3. The summed E-state index contributed by atoms with van der Waals surface area (Å²) in [6, 6.07) is 2.36. The summed E-state index contributed by atoms with van der Waals surface area (Å²) in [5.74, 6) is 0.0477. The summed E-state index contributed by atoms with van der Waals surface area (Å²) in [5.41, 5.74) is 1.37. The zero-order valence-electron chi connectivity index (χ0n) is 16.6. The normalized spacial score (nSPS) is 22.7. The molecule has 2 N–H and O–H groups in total. The molecular formula is C20H21ClFN7O. The highest BCUT2D eigenvalue weighted by Crippen LogP contribution is 2.42. The molecule has 0 spiro atoms. The molecule has 3 atom stereocenters. The number of halogens is 2. The Labute approximate surface area is 177 Å². The fourth-order valence-electron chi connectivity index (χ4n) is 4.32. The highest BCUT2D eigenvalue weighted by Gasteiger charge is 2.54. The standard InChI is InChI=1S/C20H21ClFN7O/c1-28(2)20(30)29-15-4-3-11(6-16(15)29)26-19-14(22)9-25-18(27-19)13-8-24-17-12(13)5-10(21)7-23-17/h5,7-9,11,15-16H,3-4,6H2,1-2H3,(H,23,24)(H,25,26,27).